The monoisotopic (exact) mass is 386 g/mol. The van der Waals surface area contributed by atoms with Crippen LogP contribution in [0.3, 0.4) is 0 Å². The van der Waals surface area contributed by atoms with E-state index in [1.54, 1.807) is 12.1 Å². The van der Waals surface area contributed by atoms with Crippen LogP contribution in [0.4, 0.5) is 0 Å². The zero-order chi connectivity index (χ0) is 18.0. The highest BCUT2D eigenvalue weighted by molar-refractivity contribution is 6.42. The Labute approximate surface area is 158 Å². The van der Waals surface area contributed by atoms with Gasteiger partial charge in [0.2, 0.25) is 5.91 Å². The van der Waals surface area contributed by atoms with Crippen molar-refractivity contribution in [3.8, 4) is 0 Å². The molecule has 2 fully saturated rings. The Hall–Kier alpha value is -0.850. The summed E-state index contributed by atoms with van der Waals surface area (Å²) in [5.74, 6) is -0.570. The van der Waals surface area contributed by atoms with Gasteiger partial charge in [0.15, 0.2) is 5.79 Å². The molecule has 1 aromatic rings. The number of carbonyl (C=O) groups is 1. The molecule has 1 aliphatic carbocycles. The fourth-order valence-corrected chi connectivity index (χ4v) is 4.08. The van der Waals surface area contributed by atoms with Gasteiger partial charge in [-0.25, -0.2) is 0 Å². The Morgan fingerprint density at radius 3 is 2.64 bits per heavy atom. The minimum Gasteiger partial charge on any atom is -0.351 e. The standard InChI is InChI=1S/C18H24Cl2N2O3/c1-22(2)16-5-6-18(24-7-8-25-18)11-15(16)21-17(23)10-12-3-4-13(19)14(20)9-12/h3-4,9,15-16H,5-8,10-11H2,1-2H3,(H,21,23). The fraction of sp³-hybridized carbons (Fsp3) is 0.611. The summed E-state index contributed by atoms with van der Waals surface area (Å²) in [4.78, 5) is 14.7. The number of hydrogen-bond donors (Lipinski definition) is 1. The summed E-state index contributed by atoms with van der Waals surface area (Å²) >= 11 is 12.0. The molecule has 0 bridgehead atoms. The summed E-state index contributed by atoms with van der Waals surface area (Å²) in [5, 5.41) is 4.12. The quantitative estimate of drug-likeness (QED) is 0.863. The van der Waals surface area contributed by atoms with Crippen molar-refractivity contribution < 1.29 is 14.3 Å². The Kier molecular flexibility index (Phi) is 5.91. The molecule has 5 nitrogen and oxygen atoms in total. The number of likely N-dealkylation sites (N-methyl/N-ethyl adjacent to an activating group) is 1. The molecule has 138 valence electrons. The van der Waals surface area contributed by atoms with Crippen molar-refractivity contribution >= 4 is 29.1 Å². The van der Waals surface area contributed by atoms with Crippen molar-refractivity contribution in [2.45, 2.75) is 43.6 Å². The van der Waals surface area contributed by atoms with Gasteiger partial charge in [0.05, 0.1) is 29.7 Å². The molecule has 0 aromatic heterocycles. The minimum absolute atomic E-state index is 0.0166. The molecule has 3 rings (SSSR count). The molecule has 2 aliphatic rings. The van der Waals surface area contributed by atoms with Crippen LogP contribution >= 0.6 is 23.2 Å². The van der Waals surface area contributed by atoms with Gasteiger partial charge in [-0.3, -0.25) is 4.79 Å². The highest BCUT2D eigenvalue weighted by Gasteiger charge is 2.46. The van der Waals surface area contributed by atoms with E-state index in [4.69, 9.17) is 32.7 Å². The van der Waals surface area contributed by atoms with Crippen molar-refractivity contribution in [3.63, 3.8) is 0 Å². The molecule has 0 radical (unpaired) electrons. The molecule has 2 atom stereocenters. The number of nitrogens with zero attached hydrogens (tertiary/aromatic N) is 1. The number of rotatable bonds is 4. The number of ether oxygens (including phenoxy) is 2. The third kappa shape index (κ3) is 4.47. The van der Waals surface area contributed by atoms with Gasteiger partial charge in [-0.1, -0.05) is 29.3 Å². The molecule has 1 aliphatic heterocycles. The molecule has 1 amide bonds. The van der Waals surface area contributed by atoms with E-state index in [0.29, 0.717) is 29.7 Å². The summed E-state index contributed by atoms with van der Waals surface area (Å²) in [6.45, 7) is 1.24. The molecule has 1 saturated carbocycles. The van der Waals surface area contributed by atoms with E-state index in [9.17, 15) is 4.79 Å². The van der Waals surface area contributed by atoms with Crippen molar-refractivity contribution in [3.05, 3.63) is 33.8 Å². The van der Waals surface area contributed by atoms with Crippen molar-refractivity contribution in [1.29, 1.82) is 0 Å². The largest absolute Gasteiger partial charge is 0.351 e. The van der Waals surface area contributed by atoms with Crippen LogP contribution in [-0.2, 0) is 20.7 Å². The molecule has 1 heterocycles. The lowest BCUT2D eigenvalue weighted by Gasteiger charge is -2.43. The number of amides is 1. The van der Waals surface area contributed by atoms with Gasteiger partial charge in [0.25, 0.3) is 0 Å². The zero-order valence-corrected chi connectivity index (χ0v) is 16.1. The maximum absolute atomic E-state index is 12.6. The van der Waals surface area contributed by atoms with Crippen LogP contribution in [0, 0.1) is 0 Å². The molecule has 2 unspecified atom stereocenters. The Morgan fingerprint density at radius 1 is 1.28 bits per heavy atom. The molecule has 25 heavy (non-hydrogen) atoms. The summed E-state index contributed by atoms with van der Waals surface area (Å²) in [7, 11) is 4.08. The third-order valence-corrected chi connectivity index (χ3v) is 5.73. The Morgan fingerprint density at radius 2 is 2.00 bits per heavy atom. The van der Waals surface area contributed by atoms with E-state index in [1.807, 2.05) is 20.2 Å². The van der Waals surface area contributed by atoms with Crippen LogP contribution in [0.15, 0.2) is 18.2 Å². The van der Waals surface area contributed by atoms with E-state index in [2.05, 4.69) is 10.2 Å². The highest BCUT2D eigenvalue weighted by Crippen LogP contribution is 2.37. The summed E-state index contributed by atoms with van der Waals surface area (Å²) in [6, 6.07) is 5.51. The SMILES string of the molecule is CN(C)C1CCC2(CC1NC(=O)Cc1ccc(Cl)c(Cl)c1)OCCO2. The molecule has 1 aromatic carbocycles. The van der Waals surface area contributed by atoms with Crippen LogP contribution < -0.4 is 5.32 Å². The van der Waals surface area contributed by atoms with E-state index >= 15 is 0 Å². The number of nitrogens with one attached hydrogen (secondary N) is 1. The second-order valence-corrected chi connectivity index (χ2v) is 7.80. The predicted molar refractivity (Wildman–Crippen MR) is 98.1 cm³/mol. The van der Waals surface area contributed by atoms with E-state index in [-0.39, 0.29) is 24.4 Å². The van der Waals surface area contributed by atoms with Gasteiger partial charge in [-0.05, 0) is 38.2 Å². The number of halogens is 2. The van der Waals surface area contributed by atoms with Crippen molar-refractivity contribution in [2.75, 3.05) is 27.3 Å². The van der Waals surface area contributed by atoms with Crippen molar-refractivity contribution in [2.24, 2.45) is 0 Å². The molecular formula is C18H24Cl2N2O3. The van der Waals surface area contributed by atoms with Gasteiger partial charge >= 0.3 is 0 Å². The van der Waals surface area contributed by atoms with E-state index < -0.39 is 5.79 Å². The Balaban J connectivity index is 1.66. The maximum atomic E-state index is 12.6. The lowest BCUT2D eigenvalue weighted by Crippen LogP contribution is -2.57. The lowest BCUT2D eigenvalue weighted by molar-refractivity contribution is -0.189. The average molecular weight is 387 g/mol. The topological polar surface area (TPSA) is 50.8 Å². The van der Waals surface area contributed by atoms with Gasteiger partial charge in [-0.15, -0.1) is 0 Å². The number of hydrogen-bond acceptors (Lipinski definition) is 4. The molecule has 1 saturated heterocycles. The van der Waals surface area contributed by atoms with Gasteiger partial charge < -0.3 is 19.7 Å². The van der Waals surface area contributed by atoms with Crippen LogP contribution in [0.25, 0.3) is 0 Å². The second-order valence-electron chi connectivity index (χ2n) is 6.98. The van der Waals surface area contributed by atoms with Gasteiger partial charge in [0, 0.05) is 24.9 Å². The average Bonchev–Trinajstić information content (AvgIpc) is 2.98. The molecular weight excluding hydrogens is 363 g/mol. The predicted octanol–water partition coefficient (Wildman–Crippen LogP) is 2.88. The minimum atomic E-state index is -0.534. The summed E-state index contributed by atoms with van der Waals surface area (Å²) in [6.07, 6.45) is 2.71. The molecule has 1 spiro atoms. The highest BCUT2D eigenvalue weighted by atomic mass is 35.5. The normalized spacial score (nSPS) is 25.5. The molecule has 1 N–H and O–H groups in total. The van der Waals surface area contributed by atoms with Crippen LogP contribution in [0.5, 0.6) is 0 Å². The maximum Gasteiger partial charge on any atom is 0.224 e. The van der Waals surface area contributed by atoms with E-state index in [0.717, 1.165) is 18.4 Å². The smallest absolute Gasteiger partial charge is 0.224 e. The number of carbonyl (C=O) groups excluding carboxylic acids is 1. The van der Waals surface area contributed by atoms with Gasteiger partial charge in [0.1, 0.15) is 0 Å². The van der Waals surface area contributed by atoms with E-state index in [1.165, 1.54) is 0 Å². The van der Waals surface area contributed by atoms with Crippen LogP contribution in [-0.4, -0.2) is 56.0 Å². The van der Waals surface area contributed by atoms with Crippen molar-refractivity contribution in [1.82, 2.24) is 10.2 Å². The second kappa shape index (κ2) is 7.80. The first kappa shape index (κ1) is 18.9. The molecule has 7 heteroatoms. The van der Waals surface area contributed by atoms with Crippen LogP contribution in [0.1, 0.15) is 24.8 Å². The third-order valence-electron chi connectivity index (χ3n) is 4.99. The summed E-state index contributed by atoms with van der Waals surface area (Å²) in [5.41, 5.74) is 0.840. The Bertz CT molecular complexity index is 633. The summed E-state index contributed by atoms with van der Waals surface area (Å²) < 4.78 is 11.7. The van der Waals surface area contributed by atoms with Gasteiger partial charge in [-0.2, -0.15) is 0 Å². The first-order chi connectivity index (χ1) is 11.9. The zero-order valence-electron chi connectivity index (χ0n) is 14.6. The number of benzene rings is 1. The first-order valence-corrected chi connectivity index (χ1v) is 9.32. The van der Waals surface area contributed by atoms with Crippen LogP contribution in [0.2, 0.25) is 10.0 Å². The lowest BCUT2D eigenvalue weighted by atomic mass is 9.84. The first-order valence-electron chi connectivity index (χ1n) is 8.56. The fourth-order valence-electron chi connectivity index (χ4n) is 3.76.